The van der Waals surface area contributed by atoms with Gasteiger partial charge >= 0.3 is 0 Å². The SMILES string of the molecule is COc1c(SC)ccc([C@@H]2COCCCN2c2cc(C)nc(N)n2)c1Cl. The summed E-state index contributed by atoms with van der Waals surface area (Å²) >= 11 is 8.32. The van der Waals surface area contributed by atoms with Crippen molar-refractivity contribution < 1.29 is 9.47 Å². The van der Waals surface area contributed by atoms with Crippen LogP contribution in [0.15, 0.2) is 23.1 Å². The van der Waals surface area contributed by atoms with Crippen molar-refractivity contribution in [3.63, 3.8) is 0 Å². The first-order chi connectivity index (χ1) is 12.5. The fraction of sp³-hybridized carbons (Fsp3) is 0.444. The smallest absolute Gasteiger partial charge is 0.222 e. The second-order valence-corrected chi connectivity index (χ2v) is 7.29. The molecule has 0 unspecified atom stereocenters. The van der Waals surface area contributed by atoms with Crippen LogP contribution in [0.2, 0.25) is 5.02 Å². The first-order valence-electron chi connectivity index (χ1n) is 8.41. The van der Waals surface area contributed by atoms with Gasteiger partial charge < -0.3 is 20.1 Å². The number of ether oxygens (including phenoxy) is 2. The minimum absolute atomic E-state index is 0.0801. The number of methoxy groups -OCH3 is 1. The van der Waals surface area contributed by atoms with E-state index in [2.05, 4.69) is 14.9 Å². The van der Waals surface area contributed by atoms with Crippen LogP contribution in [-0.4, -0.2) is 43.1 Å². The predicted molar refractivity (Wildman–Crippen MR) is 106 cm³/mol. The number of anilines is 2. The second-order valence-electron chi connectivity index (χ2n) is 6.07. The number of nitrogens with two attached hydrogens (primary N) is 1. The molecule has 2 heterocycles. The van der Waals surface area contributed by atoms with Gasteiger partial charge in [0.2, 0.25) is 5.95 Å². The third-order valence-electron chi connectivity index (χ3n) is 4.37. The van der Waals surface area contributed by atoms with Crippen LogP contribution in [0.4, 0.5) is 11.8 Å². The van der Waals surface area contributed by atoms with Gasteiger partial charge in [-0.05, 0) is 31.2 Å². The predicted octanol–water partition coefficient (Wildman–Crippen LogP) is 3.72. The maximum Gasteiger partial charge on any atom is 0.222 e. The van der Waals surface area contributed by atoms with Gasteiger partial charge in [-0.25, -0.2) is 4.98 Å². The average Bonchev–Trinajstić information content (AvgIpc) is 2.86. The highest BCUT2D eigenvalue weighted by molar-refractivity contribution is 7.98. The summed E-state index contributed by atoms with van der Waals surface area (Å²) in [5, 5.41) is 0.610. The number of thioether (sulfide) groups is 1. The molecule has 8 heteroatoms. The highest BCUT2D eigenvalue weighted by atomic mass is 35.5. The fourth-order valence-electron chi connectivity index (χ4n) is 3.19. The molecule has 0 saturated carbocycles. The van der Waals surface area contributed by atoms with Crippen molar-refractivity contribution >= 4 is 35.1 Å². The number of aryl methyl sites for hydroxylation is 1. The highest BCUT2D eigenvalue weighted by Gasteiger charge is 2.28. The molecule has 0 bridgehead atoms. The van der Waals surface area contributed by atoms with E-state index in [1.807, 2.05) is 31.4 Å². The van der Waals surface area contributed by atoms with E-state index in [1.54, 1.807) is 18.9 Å². The molecule has 1 atom stereocenters. The van der Waals surface area contributed by atoms with Crippen LogP contribution in [0.25, 0.3) is 0 Å². The van der Waals surface area contributed by atoms with Crippen molar-refractivity contribution in [3.8, 4) is 5.75 Å². The number of nitrogens with zero attached hydrogens (tertiary/aromatic N) is 3. The zero-order chi connectivity index (χ0) is 18.7. The van der Waals surface area contributed by atoms with E-state index in [1.165, 1.54) is 0 Å². The molecule has 26 heavy (non-hydrogen) atoms. The molecule has 1 aliphatic rings. The maximum atomic E-state index is 6.72. The summed E-state index contributed by atoms with van der Waals surface area (Å²) in [7, 11) is 1.64. The molecule has 1 aromatic carbocycles. The Kier molecular flexibility index (Phi) is 6.11. The van der Waals surface area contributed by atoms with E-state index in [9.17, 15) is 0 Å². The molecule has 0 aliphatic carbocycles. The number of nitrogen functional groups attached to an aromatic ring is 1. The van der Waals surface area contributed by atoms with Crippen LogP contribution in [-0.2, 0) is 4.74 Å². The zero-order valence-corrected chi connectivity index (χ0v) is 16.7. The third-order valence-corrected chi connectivity index (χ3v) is 5.52. The van der Waals surface area contributed by atoms with Crippen molar-refractivity contribution in [2.75, 3.05) is 43.8 Å². The summed E-state index contributed by atoms with van der Waals surface area (Å²) < 4.78 is 11.4. The zero-order valence-electron chi connectivity index (χ0n) is 15.2. The first kappa shape index (κ1) is 19.1. The molecule has 1 fully saturated rings. The van der Waals surface area contributed by atoms with E-state index < -0.39 is 0 Å². The standard InChI is InChI=1S/C18H23ClN4O2S/c1-11-9-15(22-18(20)21-11)23-7-4-8-25-10-13(23)12-5-6-14(26-3)17(24-2)16(12)19/h5-6,9,13H,4,7-8,10H2,1-3H3,(H2,20,21,22)/t13-/m0/s1. The lowest BCUT2D eigenvalue weighted by Crippen LogP contribution is -2.32. The topological polar surface area (TPSA) is 73.5 Å². The average molecular weight is 395 g/mol. The fourth-order valence-corrected chi connectivity index (χ4v) is 4.19. The lowest BCUT2D eigenvalue weighted by Gasteiger charge is -2.32. The number of hydrogen-bond acceptors (Lipinski definition) is 7. The van der Waals surface area contributed by atoms with Crippen LogP contribution in [0.5, 0.6) is 5.75 Å². The van der Waals surface area contributed by atoms with Gasteiger partial charge in [0.05, 0.1) is 29.7 Å². The summed E-state index contributed by atoms with van der Waals surface area (Å²) in [5.41, 5.74) is 7.66. The molecule has 1 saturated heterocycles. The summed E-state index contributed by atoms with van der Waals surface area (Å²) in [6.07, 6.45) is 2.90. The molecule has 0 spiro atoms. The minimum atomic E-state index is -0.0801. The second kappa shape index (κ2) is 8.33. The Labute approximate surface area is 163 Å². The van der Waals surface area contributed by atoms with Crippen molar-refractivity contribution in [2.45, 2.75) is 24.3 Å². The van der Waals surface area contributed by atoms with Gasteiger partial charge in [-0.2, -0.15) is 4.98 Å². The lowest BCUT2D eigenvalue weighted by atomic mass is 10.0. The van der Waals surface area contributed by atoms with Gasteiger partial charge in [0, 0.05) is 24.9 Å². The molecule has 6 nitrogen and oxygen atoms in total. The van der Waals surface area contributed by atoms with Crippen molar-refractivity contribution in [1.29, 1.82) is 0 Å². The molecule has 1 aromatic heterocycles. The summed E-state index contributed by atoms with van der Waals surface area (Å²) in [6, 6.07) is 5.94. The van der Waals surface area contributed by atoms with Gasteiger partial charge in [-0.1, -0.05) is 17.7 Å². The van der Waals surface area contributed by atoms with Crippen LogP contribution in [0, 0.1) is 6.92 Å². The van der Waals surface area contributed by atoms with Crippen molar-refractivity contribution in [2.24, 2.45) is 0 Å². The van der Waals surface area contributed by atoms with Crippen LogP contribution in [0.3, 0.4) is 0 Å². The Morgan fingerprint density at radius 2 is 2.19 bits per heavy atom. The number of rotatable bonds is 4. The van der Waals surface area contributed by atoms with Crippen LogP contribution >= 0.6 is 23.4 Å². The number of aromatic nitrogens is 2. The van der Waals surface area contributed by atoms with Gasteiger partial charge in [0.1, 0.15) is 5.82 Å². The summed E-state index contributed by atoms with van der Waals surface area (Å²) in [6.45, 7) is 3.92. The molecule has 0 amide bonds. The van der Waals surface area contributed by atoms with Gasteiger partial charge in [0.25, 0.3) is 0 Å². The van der Waals surface area contributed by atoms with E-state index in [0.717, 1.165) is 34.9 Å². The molecular weight excluding hydrogens is 372 g/mol. The van der Waals surface area contributed by atoms with Gasteiger partial charge in [-0.15, -0.1) is 11.8 Å². The van der Waals surface area contributed by atoms with Crippen LogP contribution < -0.4 is 15.4 Å². The first-order valence-corrected chi connectivity index (χ1v) is 10.0. The third kappa shape index (κ3) is 3.84. The van der Waals surface area contributed by atoms with Gasteiger partial charge in [-0.3, -0.25) is 0 Å². The molecule has 1 aliphatic heterocycles. The number of hydrogen-bond donors (Lipinski definition) is 1. The quantitative estimate of drug-likeness (QED) is 0.792. The van der Waals surface area contributed by atoms with Crippen molar-refractivity contribution in [1.82, 2.24) is 9.97 Å². The molecule has 2 N–H and O–H groups in total. The Bertz CT molecular complexity index is 770. The lowest BCUT2D eigenvalue weighted by molar-refractivity contribution is 0.134. The molecule has 2 aromatic rings. The van der Waals surface area contributed by atoms with Gasteiger partial charge in [0.15, 0.2) is 5.75 Å². The highest BCUT2D eigenvalue weighted by Crippen LogP contribution is 2.41. The van der Waals surface area contributed by atoms with Crippen LogP contribution in [0.1, 0.15) is 23.7 Å². The van der Waals surface area contributed by atoms with E-state index in [4.69, 9.17) is 26.8 Å². The van der Waals surface area contributed by atoms with E-state index in [0.29, 0.717) is 24.0 Å². The minimum Gasteiger partial charge on any atom is -0.494 e. The number of halogens is 1. The molecule has 0 radical (unpaired) electrons. The van der Waals surface area contributed by atoms with Crippen molar-refractivity contribution in [3.05, 3.63) is 34.5 Å². The number of benzene rings is 1. The van der Waals surface area contributed by atoms with E-state index in [-0.39, 0.29) is 12.0 Å². The monoisotopic (exact) mass is 394 g/mol. The normalized spacial score (nSPS) is 17.8. The Morgan fingerprint density at radius 3 is 2.88 bits per heavy atom. The van der Waals surface area contributed by atoms with E-state index >= 15 is 0 Å². The Balaban J connectivity index is 2.07. The Morgan fingerprint density at radius 1 is 1.38 bits per heavy atom. The summed E-state index contributed by atoms with van der Waals surface area (Å²) in [5.74, 6) is 1.75. The Hall–Kier alpha value is -1.70. The summed E-state index contributed by atoms with van der Waals surface area (Å²) in [4.78, 5) is 11.8. The molecule has 140 valence electrons. The molecular formula is C18H23ClN4O2S. The maximum absolute atomic E-state index is 6.72. The molecule has 3 rings (SSSR count). The largest absolute Gasteiger partial charge is 0.494 e.